The average Bonchev–Trinajstić information content (AvgIpc) is 3.85. The summed E-state index contributed by atoms with van der Waals surface area (Å²) in [5.41, 5.74) is 14.6. The van der Waals surface area contributed by atoms with Crippen molar-refractivity contribution in [2.75, 3.05) is 0 Å². The highest BCUT2D eigenvalue weighted by molar-refractivity contribution is 6.23. The quantitative estimate of drug-likeness (QED) is 0.194. The van der Waals surface area contributed by atoms with Crippen LogP contribution in [-0.2, 0) is 5.41 Å². The van der Waals surface area contributed by atoms with Gasteiger partial charge in [0.2, 0.25) is 0 Å². The predicted molar refractivity (Wildman–Crippen MR) is 198 cm³/mol. The molecule has 0 unspecified atom stereocenters. The Bertz CT molecular complexity index is 2980. The summed E-state index contributed by atoms with van der Waals surface area (Å²) in [6.07, 6.45) is 0. The minimum atomic E-state index is -0.191. The average molecular weight is 616 g/mol. The van der Waals surface area contributed by atoms with Crippen molar-refractivity contribution in [3.63, 3.8) is 0 Å². The molecule has 3 heterocycles. The maximum Gasteiger partial charge on any atom is 0.145 e. The summed E-state index contributed by atoms with van der Waals surface area (Å²) in [5.74, 6) is 0. The summed E-state index contributed by atoms with van der Waals surface area (Å²) in [6, 6.07) is 50.2. The van der Waals surface area contributed by atoms with Crippen LogP contribution in [0.25, 0.3) is 93.6 Å². The molecule has 0 spiro atoms. The molecular weight excluding hydrogens is 587 g/mol. The predicted octanol–water partition coefficient (Wildman–Crippen LogP) is 12.6. The van der Waals surface area contributed by atoms with Gasteiger partial charge in [-0.2, -0.15) is 0 Å². The van der Waals surface area contributed by atoms with Crippen LogP contribution in [0.2, 0.25) is 0 Å². The highest BCUT2D eigenvalue weighted by atomic mass is 16.3. The van der Waals surface area contributed by atoms with Gasteiger partial charge in [-0.3, -0.25) is 0 Å². The zero-order chi connectivity index (χ0) is 31.7. The third kappa shape index (κ3) is 3.28. The number of rotatable bonds is 2. The number of nitrogens with zero attached hydrogens (tertiary/aromatic N) is 1. The normalized spacial score (nSPS) is 13.8. The Balaban J connectivity index is 1.09. The molecule has 0 fully saturated rings. The molecule has 0 bridgehead atoms. The molecule has 0 amide bonds. The molecule has 48 heavy (non-hydrogen) atoms. The minimum absolute atomic E-state index is 0.191. The van der Waals surface area contributed by atoms with Crippen molar-refractivity contribution in [3.8, 4) is 27.9 Å². The first-order valence-electron chi connectivity index (χ1n) is 16.6. The van der Waals surface area contributed by atoms with Gasteiger partial charge in [-0.1, -0.05) is 105 Å². The molecule has 1 aliphatic rings. The van der Waals surface area contributed by atoms with E-state index in [2.05, 4.69) is 146 Å². The van der Waals surface area contributed by atoms with E-state index in [1.807, 2.05) is 12.1 Å². The molecule has 3 aromatic heterocycles. The molecule has 10 aromatic rings. The number of benzene rings is 7. The van der Waals surface area contributed by atoms with Gasteiger partial charge < -0.3 is 13.4 Å². The highest BCUT2D eigenvalue weighted by Crippen LogP contribution is 2.51. The fourth-order valence-electron chi connectivity index (χ4n) is 8.52. The number of para-hydroxylation sites is 4. The number of furan rings is 2. The van der Waals surface area contributed by atoms with Gasteiger partial charge >= 0.3 is 0 Å². The Labute approximate surface area is 276 Å². The second-order valence-electron chi connectivity index (χ2n) is 13.7. The zero-order valence-electron chi connectivity index (χ0n) is 26.5. The molecule has 0 N–H and O–H groups in total. The van der Waals surface area contributed by atoms with Gasteiger partial charge in [0.1, 0.15) is 22.3 Å². The van der Waals surface area contributed by atoms with E-state index < -0.39 is 0 Å². The molecule has 11 rings (SSSR count). The van der Waals surface area contributed by atoms with Crippen molar-refractivity contribution in [2.24, 2.45) is 0 Å². The van der Waals surface area contributed by atoms with E-state index in [0.717, 1.165) is 66.0 Å². The molecule has 7 aromatic carbocycles. The van der Waals surface area contributed by atoms with Crippen molar-refractivity contribution < 1.29 is 8.83 Å². The van der Waals surface area contributed by atoms with Gasteiger partial charge in [0.25, 0.3) is 0 Å². The molecule has 0 saturated heterocycles. The topological polar surface area (TPSA) is 31.2 Å². The molecule has 3 nitrogen and oxygen atoms in total. The van der Waals surface area contributed by atoms with Gasteiger partial charge in [0.15, 0.2) is 0 Å². The van der Waals surface area contributed by atoms with E-state index in [1.165, 1.54) is 38.7 Å². The van der Waals surface area contributed by atoms with Crippen molar-refractivity contribution in [1.82, 2.24) is 4.57 Å². The Kier molecular flexibility index (Phi) is 4.91. The van der Waals surface area contributed by atoms with Crippen LogP contribution in [0.1, 0.15) is 25.0 Å². The molecule has 0 aliphatic heterocycles. The zero-order valence-corrected chi connectivity index (χ0v) is 26.5. The van der Waals surface area contributed by atoms with E-state index >= 15 is 0 Å². The lowest BCUT2D eigenvalue weighted by molar-refractivity contribution is 0.659. The van der Waals surface area contributed by atoms with Crippen LogP contribution >= 0.6 is 0 Å². The largest absolute Gasteiger partial charge is 0.455 e. The van der Waals surface area contributed by atoms with Crippen LogP contribution < -0.4 is 0 Å². The van der Waals surface area contributed by atoms with Gasteiger partial charge in [-0.05, 0) is 76.3 Å². The van der Waals surface area contributed by atoms with Crippen LogP contribution in [0.3, 0.4) is 0 Å². The van der Waals surface area contributed by atoms with Crippen LogP contribution in [0, 0.1) is 0 Å². The van der Waals surface area contributed by atoms with Gasteiger partial charge in [-0.25, -0.2) is 0 Å². The second kappa shape index (κ2) is 9.05. The van der Waals surface area contributed by atoms with Crippen LogP contribution in [-0.4, -0.2) is 4.57 Å². The number of hydrogen-bond donors (Lipinski definition) is 0. The van der Waals surface area contributed by atoms with E-state index in [-0.39, 0.29) is 5.41 Å². The molecule has 0 radical (unpaired) electrons. The number of aromatic nitrogens is 1. The van der Waals surface area contributed by atoms with Crippen molar-refractivity contribution in [2.45, 2.75) is 19.3 Å². The number of fused-ring (bicyclic) bond motifs is 13. The van der Waals surface area contributed by atoms with Crippen molar-refractivity contribution >= 4 is 65.7 Å². The lowest BCUT2D eigenvalue weighted by atomic mass is 9.81. The SMILES string of the molecule is CC1(C)c2cc(-c3cccc4c3oc3ccccc34)ccc2-c2ccc(-n3c4ccccc4c4c5oc6ccccc6c5ccc43)cc21. The Hall–Kier alpha value is -6.06. The summed E-state index contributed by atoms with van der Waals surface area (Å²) in [7, 11) is 0. The molecule has 0 saturated carbocycles. The van der Waals surface area contributed by atoms with Gasteiger partial charge in [0, 0.05) is 43.6 Å². The van der Waals surface area contributed by atoms with Gasteiger partial charge in [-0.15, -0.1) is 0 Å². The Morgan fingerprint density at radius 1 is 0.458 bits per heavy atom. The molecule has 1 aliphatic carbocycles. The monoisotopic (exact) mass is 615 g/mol. The second-order valence-corrected chi connectivity index (χ2v) is 13.7. The summed E-state index contributed by atoms with van der Waals surface area (Å²) in [6.45, 7) is 4.72. The molecule has 226 valence electrons. The first kappa shape index (κ1) is 26.1. The number of hydrogen-bond acceptors (Lipinski definition) is 2. The standard InChI is InChI=1S/C45H29NO2/c1-45(2)36-24-26(28-13-9-14-33-31-10-4-7-16-40(31)47-43(28)33)18-20-29(36)30-21-19-27(25-37(30)45)46-38-15-6-3-12-35(38)42-39(46)23-22-34-32-11-5-8-17-41(32)48-44(34)42/h3-25H,1-2H3. The summed E-state index contributed by atoms with van der Waals surface area (Å²) in [5, 5.41) is 6.97. The molecular formula is C45H29NO2. The fourth-order valence-corrected chi connectivity index (χ4v) is 8.52. The lowest BCUT2D eigenvalue weighted by Gasteiger charge is -2.23. The fraction of sp³-hybridized carbons (Fsp3) is 0.0667. The van der Waals surface area contributed by atoms with Crippen molar-refractivity contribution in [1.29, 1.82) is 0 Å². The lowest BCUT2D eigenvalue weighted by Crippen LogP contribution is -2.15. The Morgan fingerprint density at radius 3 is 1.88 bits per heavy atom. The van der Waals surface area contributed by atoms with Crippen LogP contribution in [0.15, 0.2) is 148 Å². The summed E-state index contributed by atoms with van der Waals surface area (Å²) in [4.78, 5) is 0. The third-order valence-corrected chi connectivity index (χ3v) is 10.8. The van der Waals surface area contributed by atoms with E-state index in [4.69, 9.17) is 8.83 Å². The summed E-state index contributed by atoms with van der Waals surface area (Å²) < 4.78 is 15.4. The van der Waals surface area contributed by atoms with Crippen LogP contribution in [0.4, 0.5) is 0 Å². The highest BCUT2D eigenvalue weighted by Gasteiger charge is 2.36. The molecule has 0 atom stereocenters. The first-order chi connectivity index (χ1) is 23.6. The van der Waals surface area contributed by atoms with Gasteiger partial charge in [0.05, 0.1) is 16.4 Å². The van der Waals surface area contributed by atoms with E-state index in [0.29, 0.717) is 0 Å². The van der Waals surface area contributed by atoms with E-state index in [9.17, 15) is 0 Å². The van der Waals surface area contributed by atoms with E-state index in [1.54, 1.807) is 0 Å². The summed E-state index contributed by atoms with van der Waals surface area (Å²) >= 11 is 0. The molecule has 3 heteroatoms. The minimum Gasteiger partial charge on any atom is -0.455 e. The van der Waals surface area contributed by atoms with Crippen molar-refractivity contribution in [3.05, 3.63) is 151 Å². The maximum absolute atomic E-state index is 6.54. The first-order valence-corrected chi connectivity index (χ1v) is 16.6. The maximum atomic E-state index is 6.54. The third-order valence-electron chi connectivity index (χ3n) is 10.8. The van der Waals surface area contributed by atoms with Crippen LogP contribution in [0.5, 0.6) is 0 Å². The smallest absolute Gasteiger partial charge is 0.145 e. The Morgan fingerprint density at radius 2 is 1.08 bits per heavy atom.